The van der Waals surface area contributed by atoms with Crippen LogP contribution in [0.25, 0.3) is 0 Å². The van der Waals surface area contributed by atoms with Gasteiger partial charge >= 0.3 is 0 Å². The van der Waals surface area contributed by atoms with Crippen LogP contribution in [0.15, 0.2) is 0 Å². The number of nitrogens with zero attached hydrogens (tertiary/aromatic N) is 2. The third kappa shape index (κ3) is 5.38. The molecule has 0 atom stereocenters. The molecule has 1 amide bonds. The summed E-state index contributed by atoms with van der Waals surface area (Å²) in [5.74, 6) is -0.0142. The van der Waals surface area contributed by atoms with Crippen molar-refractivity contribution in [2.45, 2.75) is 39.7 Å². The van der Waals surface area contributed by atoms with Gasteiger partial charge in [-0.25, -0.2) is 0 Å². The van der Waals surface area contributed by atoms with Crippen molar-refractivity contribution in [3.63, 3.8) is 0 Å². The molecule has 0 saturated carbocycles. The standard InChI is InChI=1S/C12H22N4O.2ClH/c1-8-10(9(2)16(5)15-8)6-11(17)14-12(3,4)7-13;;/h6-7,13H2,1-5H3,(H,14,17);2*1H. The molecule has 0 fully saturated rings. The average molecular weight is 311 g/mol. The van der Waals surface area contributed by atoms with E-state index in [0.717, 1.165) is 17.0 Å². The average Bonchev–Trinajstić information content (AvgIpc) is 2.44. The van der Waals surface area contributed by atoms with Crippen molar-refractivity contribution in [3.05, 3.63) is 17.0 Å². The molecule has 0 aliphatic carbocycles. The van der Waals surface area contributed by atoms with Gasteiger partial charge in [-0.3, -0.25) is 9.48 Å². The number of carbonyl (C=O) groups is 1. The summed E-state index contributed by atoms with van der Waals surface area (Å²) >= 11 is 0. The second kappa shape index (κ2) is 7.72. The largest absolute Gasteiger partial charge is 0.350 e. The number of halogens is 2. The summed E-state index contributed by atoms with van der Waals surface area (Å²) in [6, 6.07) is 0. The Morgan fingerprint density at radius 2 is 1.89 bits per heavy atom. The Balaban J connectivity index is 0. The number of aryl methyl sites for hydroxylation is 2. The van der Waals surface area contributed by atoms with E-state index in [-0.39, 0.29) is 36.3 Å². The van der Waals surface area contributed by atoms with E-state index in [9.17, 15) is 4.79 Å². The van der Waals surface area contributed by atoms with Gasteiger partial charge in [-0.15, -0.1) is 24.8 Å². The van der Waals surface area contributed by atoms with Gasteiger partial charge in [0, 0.05) is 30.4 Å². The van der Waals surface area contributed by atoms with Crippen LogP contribution in [0.2, 0.25) is 0 Å². The molecule has 0 aliphatic rings. The maximum atomic E-state index is 11.9. The quantitative estimate of drug-likeness (QED) is 0.880. The number of hydrogen-bond acceptors (Lipinski definition) is 3. The van der Waals surface area contributed by atoms with E-state index in [1.54, 1.807) is 4.68 Å². The zero-order valence-corrected chi connectivity index (χ0v) is 13.7. The van der Waals surface area contributed by atoms with Gasteiger partial charge in [0.25, 0.3) is 0 Å². The van der Waals surface area contributed by atoms with E-state index < -0.39 is 0 Å². The van der Waals surface area contributed by atoms with Gasteiger partial charge in [0.1, 0.15) is 0 Å². The summed E-state index contributed by atoms with van der Waals surface area (Å²) in [4.78, 5) is 11.9. The van der Waals surface area contributed by atoms with E-state index in [1.807, 2.05) is 34.7 Å². The fourth-order valence-electron chi connectivity index (χ4n) is 1.71. The summed E-state index contributed by atoms with van der Waals surface area (Å²) in [5.41, 5.74) is 8.16. The van der Waals surface area contributed by atoms with Crippen molar-refractivity contribution in [1.82, 2.24) is 15.1 Å². The predicted octanol–water partition coefficient (Wildman–Crippen LogP) is 1.28. The van der Waals surface area contributed by atoms with Gasteiger partial charge in [0.15, 0.2) is 0 Å². The van der Waals surface area contributed by atoms with Gasteiger partial charge in [0.05, 0.1) is 12.1 Å². The van der Waals surface area contributed by atoms with Crippen molar-refractivity contribution < 1.29 is 4.79 Å². The molecule has 112 valence electrons. The van der Waals surface area contributed by atoms with E-state index in [4.69, 9.17) is 5.73 Å². The number of nitrogens with one attached hydrogen (secondary N) is 1. The molecule has 0 aliphatic heterocycles. The molecule has 7 heteroatoms. The minimum Gasteiger partial charge on any atom is -0.350 e. The molecule has 1 rings (SSSR count). The molecule has 1 aromatic rings. The summed E-state index contributed by atoms with van der Waals surface area (Å²) < 4.78 is 1.80. The maximum absolute atomic E-state index is 11.9. The lowest BCUT2D eigenvalue weighted by Gasteiger charge is -2.24. The van der Waals surface area contributed by atoms with Crippen LogP contribution in [0, 0.1) is 13.8 Å². The highest BCUT2D eigenvalue weighted by atomic mass is 35.5. The van der Waals surface area contributed by atoms with Crippen LogP contribution in [0.4, 0.5) is 0 Å². The second-order valence-corrected chi connectivity index (χ2v) is 5.09. The highest BCUT2D eigenvalue weighted by molar-refractivity contribution is 5.85. The Labute approximate surface area is 127 Å². The molecule has 1 heterocycles. The molecular weight excluding hydrogens is 287 g/mol. The lowest BCUT2D eigenvalue weighted by molar-refractivity contribution is -0.121. The number of rotatable bonds is 4. The van der Waals surface area contributed by atoms with Crippen molar-refractivity contribution in [1.29, 1.82) is 0 Å². The van der Waals surface area contributed by atoms with Gasteiger partial charge in [-0.1, -0.05) is 0 Å². The monoisotopic (exact) mass is 310 g/mol. The van der Waals surface area contributed by atoms with E-state index in [2.05, 4.69) is 10.4 Å². The first kappa shape index (κ1) is 20.5. The van der Waals surface area contributed by atoms with Crippen LogP contribution in [-0.4, -0.2) is 27.8 Å². The molecule has 0 saturated heterocycles. The van der Waals surface area contributed by atoms with Gasteiger partial charge < -0.3 is 11.1 Å². The molecule has 0 aromatic carbocycles. The Morgan fingerprint density at radius 3 is 2.26 bits per heavy atom. The highest BCUT2D eigenvalue weighted by Gasteiger charge is 2.20. The van der Waals surface area contributed by atoms with Crippen molar-refractivity contribution in [3.8, 4) is 0 Å². The number of carbonyl (C=O) groups excluding carboxylic acids is 1. The first-order valence-corrected chi connectivity index (χ1v) is 5.77. The Bertz CT molecular complexity index is 430. The summed E-state index contributed by atoms with van der Waals surface area (Å²) in [7, 11) is 1.88. The summed E-state index contributed by atoms with van der Waals surface area (Å²) in [6.45, 7) is 8.13. The van der Waals surface area contributed by atoms with Crippen LogP contribution in [-0.2, 0) is 18.3 Å². The summed E-state index contributed by atoms with van der Waals surface area (Å²) in [5, 5.41) is 7.21. The molecule has 0 spiro atoms. The molecule has 0 bridgehead atoms. The second-order valence-electron chi connectivity index (χ2n) is 5.09. The van der Waals surface area contributed by atoms with Gasteiger partial charge in [0.2, 0.25) is 5.91 Å². The molecule has 0 unspecified atom stereocenters. The third-order valence-electron chi connectivity index (χ3n) is 2.98. The zero-order chi connectivity index (χ0) is 13.2. The minimum absolute atomic E-state index is 0. The smallest absolute Gasteiger partial charge is 0.225 e. The lowest BCUT2D eigenvalue weighted by atomic mass is 10.0. The Hall–Kier alpha value is -0.780. The van der Waals surface area contributed by atoms with Crippen LogP contribution < -0.4 is 11.1 Å². The number of nitrogens with two attached hydrogens (primary N) is 1. The fraction of sp³-hybridized carbons (Fsp3) is 0.667. The zero-order valence-electron chi connectivity index (χ0n) is 12.1. The van der Waals surface area contributed by atoms with E-state index in [0.29, 0.717) is 13.0 Å². The Kier molecular flexibility index (Phi) is 8.35. The molecule has 0 radical (unpaired) electrons. The fourth-order valence-corrected chi connectivity index (χ4v) is 1.71. The normalized spacial score (nSPS) is 10.4. The first-order chi connectivity index (χ1) is 7.76. The van der Waals surface area contributed by atoms with Crippen molar-refractivity contribution >= 4 is 30.7 Å². The number of hydrogen-bond donors (Lipinski definition) is 2. The number of aromatic nitrogens is 2. The van der Waals surface area contributed by atoms with Crippen LogP contribution in [0.3, 0.4) is 0 Å². The molecule has 19 heavy (non-hydrogen) atoms. The van der Waals surface area contributed by atoms with Gasteiger partial charge in [-0.05, 0) is 27.7 Å². The van der Waals surface area contributed by atoms with Gasteiger partial charge in [-0.2, -0.15) is 5.10 Å². The van der Waals surface area contributed by atoms with E-state index in [1.165, 1.54) is 0 Å². The topological polar surface area (TPSA) is 72.9 Å². The predicted molar refractivity (Wildman–Crippen MR) is 82.2 cm³/mol. The summed E-state index contributed by atoms with van der Waals surface area (Å²) in [6.07, 6.45) is 0.356. The maximum Gasteiger partial charge on any atom is 0.225 e. The van der Waals surface area contributed by atoms with Crippen LogP contribution in [0.1, 0.15) is 30.8 Å². The minimum atomic E-state index is -0.360. The Morgan fingerprint density at radius 1 is 1.37 bits per heavy atom. The third-order valence-corrected chi connectivity index (χ3v) is 2.98. The molecule has 3 N–H and O–H groups in total. The highest BCUT2D eigenvalue weighted by Crippen LogP contribution is 2.13. The molecule has 1 aromatic heterocycles. The first-order valence-electron chi connectivity index (χ1n) is 5.77. The van der Waals surface area contributed by atoms with Crippen molar-refractivity contribution in [2.24, 2.45) is 12.8 Å². The van der Waals surface area contributed by atoms with Crippen LogP contribution >= 0.6 is 24.8 Å². The van der Waals surface area contributed by atoms with Crippen LogP contribution in [0.5, 0.6) is 0 Å². The lowest BCUT2D eigenvalue weighted by Crippen LogP contribution is -2.49. The van der Waals surface area contributed by atoms with Crippen molar-refractivity contribution in [2.75, 3.05) is 6.54 Å². The SMILES string of the molecule is Cc1nn(C)c(C)c1CC(=O)NC(C)(C)CN.Cl.Cl. The molecule has 5 nitrogen and oxygen atoms in total. The molecular formula is C12H24Cl2N4O. The number of amides is 1. The van der Waals surface area contributed by atoms with E-state index >= 15 is 0 Å².